The maximum absolute atomic E-state index is 13.2. The molecule has 43 heavy (non-hydrogen) atoms. The minimum atomic E-state index is -0.525. The SMILES string of the molecule is CCOc1cc(/C=C2/SC(=O)N(CC(=O)Nc3ccccc3N3CCOCC3)C2=O)cc(I)c1OCc1ccc(Cl)cc1. The molecule has 2 aliphatic rings. The lowest BCUT2D eigenvalue weighted by Gasteiger charge is -2.30. The van der Waals surface area contributed by atoms with Gasteiger partial charge < -0.3 is 24.4 Å². The summed E-state index contributed by atoms with van der Waals surface area (Å²) in [7, 11) is 0. The number of imide groups is 1. The van der Waals surface area contributed by atoms with Crippen molar-refractivity contribution < 1.29 is 28.6 Å². The normalized spacial score (nSPS) is 16.1. The molecule has 3 amide bonds. The second-order valence-electron chi connectivity index (χ2n) is 9.61. The molecule has 1 N–H and O–H groups in total. The van der Waals surface area contributed by atoms with Crippen LogP contribution in [-0.2, 0) is 20.9 Å². The van der Waals surface area contributed by atoms with Crippen LogP contribution < -0.4 is 19.7 Å². The Kier molecular flexibility index (Phi) is 10.5. The fourth-order valence-corrected chi connectivity index (χ4v) is 6.34. The van der Waals surface area contributed by atoms with Gasteiger partial charge in [-0.25, -0.2) is 0 Å². The zero-order chi connectivity index (χ0) is 30.3. The third kappa shape index (κ3) is 7.83. The number of thioether (sulfide) groups is 1. The van der Waals surface area contributed by atoms with Gasteiger partial charge in [-0.2, -0.15) is 0 Å². The van der Waals surface area contributed by atoms with Gasteiger partial charge in [-0.05, 0) is 94.9 Å². The van der Waals surface area contributed by atoms with Crippen LogP contribution in [0.4, 0.5) is 16.2 Å². The molecule has 3 aromatic carbocycles. The van der Waals surface area contributed by atoms with E-state index in [0.717, 1.165) is 31.5 Å². The maximum Gasteiger partial charge on any atom is 0.294 e. The van der Waals surface area contributed by atoms with E-state index in [2.05, 4.69) is 32.8 Å². The molecule has 2 saturated heterocycles. The van der Waals surface area contributed by atoms with E-state index in [9.17, 15) is 14.4 Å². The van der Waals surface area contributed by atoms with Gasteiger partial charge in [-0.1, -0.05) is 35.9 Å². The number of hydrogen-bond donors (Lipinski definition) is 1. The van der Waals surface area contributed by atoms with Crippen molar-refractivity contribution in [3.63, 3.8) is 0 Å². The number of carbonyl (C=O) groups is 3. The molecule has 3 aromatic rings. The molecule has 0 bridgehead atoms. The number of nitrogens with zero attached hydrogens (tertiary/aromatic N) is 2. The van der Waals surface area contributed by atoms with Crippen molar-refractivity contribution >= 4 is 80.5 Å². The zero-order valence-corrected chi connectivity index (χ0v) is 27.0. The van der Waals surface area contributed by atoms with Crippen LogP contribution in [0.2, 0.25) is 5.02 Å². The molecular formula is C31H29ClIN3O6S. The number of nitrogens with one attached hydrogen (secondary N) is 1. The van der Waals surface area contributed by atoms with Crippen LogP contribution in [0.5, 0.6) is 11.5 Å². The molecule has 0 atom stereocenters. The fourth-order valence-electron chi connectivity index (χ4n) is 4.59. The van der Waals surface area contributed by atoms with E-state index < -0.39 is 23.6 Å². The predicted octanol–water partition coefficient (Wildman–Crippen LogP) is 6.43. The van der Waals surface area contributed by atoms with E-state index >= 15 is 0 Å². The molecule has 2 aliphatic heterocycles. The summed E-state index contributed by atoms with van der Waals surface area (Å²) in [5.41, 5.74) is 3.11. The Morgan fingerprint density at radius 1 is 1.09 bits per heavy atom. The average Bonchev–Trinajstić information content (AvgIpc) is 3.25. The number of para-hydroxylation sites is 2. The summed E-state index contributed by atoms with van der Waals surface area (Å²) >= 11 is 8.94. The molecule has 5 rings (SSSR count). The lowest BCUT2D eigenvalue weighted by atomic mass is 10.1. The third-order valence-corrected chi connectivity index (χ3v) is 8.59. The molecule has 0 aliphatic carbocycles. The Hall–Kier alpha value is -3.26. The lowest BCUT2D eigenvalue weighted by molar-refractivity contribution is -0.127. The van der Waals surface area contributed by atoms with Gasteiger partial charge in [0, 0.05) is 18.1 Å². The van der Waals surface area contributed by atoms with Crippen molar-refractivity contribution in [1.29, 1.82) is 0 Å². The van der Waals surface area contributed by atoms with Crippen LogP contribution in [0.15, 0.2) is 65.6 Å². The highest BCUT2D eigenvalue weighted by molar-refractivity contribution is 14.1. The van der Waals surface area contributed by atoms with Gasteiger partial charge in [0.05, 0.1) is 39.7 Å². The Labute approximate surface area is 272 Å². The van der Waals surface area contributed by atoms with Crippen molar-refractivity contribution in [3.05, 3.63) is 85.3 Å². The van der Waals surface area contributed by atoms with Crippen molar-refractivity contribution in [1.82, 2.24) is 4.90 Å². The van der Waals surface area contributed by atoms with Gasteiger partial charge in [0.2, 0.25) is 5.91 Å². The number of amides is 3. The van der Waals surface area contributed by atoms with E-state index in [1.807, 2.05) is 43.3 Å². The molecule has 2 fully saturated rings. The summed E-state index contributed by atoms with van der Waals surface area (Å²) in [6, 6.07) is 18.5. The number of ether oxygens (including phenoxy) is 3. The first-order valence-electron chi connectivity index (χ1n) is 13.6. The summed E-state index contributed by atoms with van der Waals surface area (Å²) in [5, 5.41) is 3.01. The summed E-state index contributed by atoms with van der Waals surface area (Å²) in [6.07, 6.45) is 1.63. The Balaban J connectivity index is 1.28. The average molecular weight is 734 g/mol. The first kappa shape index (κ1) is 31.2. The molecule has 0 saturated carbocycles. The zero-order valence-electron chi connectivity index (χ0n) is 23.3. The maximum atomic E-state index is 13.2. The van der Waals surface area contributed by atoms with Crippen molar-refractivity contribution in [2.24, 2.45) is 0 Å². The molecule has 0 radical (unpaired) electrons. The summed E-state index contributed by atoms with van der Waals surface area (Å²) in [4.78, 5) is 42.3. The first-order valence-corrected chi connectivity index (χ1v) is 15.9. The number of rotatable bonds is 10. The van der Waals surface area contributed by atoms with Crippen molar-refractivity contribution in [2.45, 2.75) is 13.5 Å². The van der Waals surface area contributed by atoms with Gasteiger partial charge in [0.1, 0.15) is 13.2 Å². The summed E-state index contributed by atoms with van der Waals surface area (Å²) in [5.74, 6) is 0.117. The van der Waals surface area contributed by atoms with E-state index in [1.54, 1.807) is 30.3 Å². The van der Waals surface area contributed by atoms with E-state index in [4.69, 9.17) is 25.8 Å². The molecule has 0 aromatic heterocycles. The molecule has 2 heterocycles. The predicted molar refractivity (Wildman–Crippen MR) is 177 cm³/mol. The lowest BCUT2D eigenvalue weighted by Crippen LogP contribution is -2.38. The topological polar surface area (TPSA) is 97.4 Å². The Morgan fingerprint density at radius 3 is 2.58 bits per heavy atom. The molecule has 12 heteroatoms. The highest BCUT2D eigenvalue weighted by Gasteiger charge is 2.36. The molecular weight excluding hydrogens is 705 g/mol. The second kappa shape index (κ2) is 14.5. The van der Waals surface area contributed by atoms with E-state index in [-0.39, 0.29) is 4.91 Å². The van der Waals surface area contributed by atoms with Crippen LogP contribution in [-0.4, -0.2) is 61.4 Å². The Morgan fingerprint density at radius 2 is 1.84 bits per heavy atom. The minimum absolute atomic E-state index is 0.222. The number of benzene rings is 3. The number of morpholine rings is 1. The van der Waals surface area contributed by atoms with Crippen LogP contribution in [0, 0.1) is 3.57 Å². The quantitative estimate of drug-likeness (QED) is 0.188. The number of carbonyl (C=O) groups excluding carboxylic acids is 3. The third-order valence-electron chi connectivity index (χ3n) is 6.63. The molecule has 224 valence electrons. The van der Waals surface area contributed by atoms with Crippen molar-refractivity contribution in [3.8, 4) is 11.5 Å². The smallest absolute Gasteiger partial charge is 0.294 e. The van der Waals surface area contributed by atoms with Gasteiger partial charge in [-0.15, -0.1) is 0 Å². The van der Waals surface area contributed by atoms with Crippen LogP contribution >= 0.6 is 46.0 Å². The van der Waals surface area contributed by atoms with Gasteiger partial charge in [0.25, 0.3) is 11.1 Å². The van der Waals surface area contributed by atoms with Gasteiger partial charge in [-0.3, -0.25) is 19.3 Å². The number of anilines is 2. The van der Waals surface area contributed by atoms with E-state index in [0.29, 0.717) is 67.3 Å². The summed E-state index contributed by atoms with van der Waals surface area (Å²) < 4.78 is 18.1. The number of hydrogen-bond acceptors (Lipinski definition) is 8. The molecule has 0 unspecified atom stereocenters. The monoisotopic (exact) mass is 733 g/mol. The Bertz CT molecular complexity index is 1540. The minimum Gasteiger partial charge on any atom is -0.490 e. The second-order valence-corrected chi connectivity index (χ2v) is 12.2. The van der Waals surface area contributed by atoms with Crippen LogP contribution in [0.25, 0.3) is 6.08 Å². The molecule has 9 nitrogen and oxygen atoms in total. The highest BCUT2D eigenvalue weighted by Crippen LogP contribution is 2.38. The fraction of sp³-hybridized carbons (Fsp3) is 0.258. The highest BCUT2D eigenvalue weighted by atomic mass is 127. The van der Waals surface area contributed by atoms with Crippen molar-refractivity contribution in [2.75, 3.05) is 49.7 Å². The molecule has 0 spiro atoms. The van der Waals surface area contributed by atoms with Gasteiger partial charge >= 0.3 is 0 Å². The van der Waals surface area contributed by atoms with E-state index in [1.165, 1.54) is 0 Å². The van der Waals surface area contributed by atoms with Crippen LogP contribution in [0.1, 0.15) is 18.1 Å². The largest absolute Gasteiger partial charge is 0.490 e. The standard InChI is InChI=1S/C31H29ClIN3O6S/c1-2-41-26-16-21(15-23(33)29(26)42-19-20-7-9-22(32)10-8-20)17-27-30(38)36(31(39)43-27)18-28(37)34-24-5-3-4-6-25(24)35-11-13-40-14-12-35/h3-10,15-17H,2,11-14,18-19H2,1H3,(H,34,37)/b27-17+. The number of halogens is 2. The van der Waals surface area contributed by atoms with Crippen LogP contribution in [0.3, 0.4) is 0 Å². The first-order chi connectivity index (χ1) is 20.8. The summed E-state index contributed by atoms with van der Waals surface area (Å²) in [6.45, 7) is 4.85. The van der Waals surface area contributed by atoms with Gasteiger partial charge in [0.15, 0.2) is 11.5 Å².